The second kappa shape index (κ2) is 10.3. The van der Waals surface area contributed by atoms with Gasteiger partial charge in [0.1, 0.15) is 18.0 Å². The predicted octanol–water partition coefficient (Wildman–Crippen LogP) is 5.46. The van der Waals surface area contributed by atoms with E-state index < -0.39 is 17.8 Å². The van der Waals surface area contributed by atoms with Crippen LogP contribution in [0.5, 0.6) is 11.5 Å². The molecular formula is C27H22BrFN2O5. The van der Waals surface area contributed by atoms with Crippen LogP contribution in [0.1, 0.15) is 22.3 Å². The van der Waals surface area contributed by atoms with Gasteiger partial charge in [0.25, 0.3) is 11.8 Å². The van der Waals surface area contributed by atoms with E-state index in [-0.39, 0.29) is 18.0 Å². The van der Waals surface area contributed by atoms with Crippen molar-refractivity contribution in [1.29, 1.82) is 0 Å². The van der Waals surface area contributed by atoms with E-state index in [0.717, 1.165) is 16.0 Å². The van der Waals surface area contributed by atoms with Gasteiger partial charge < -0.3 is 9.47 Å². The maximum atomic E-state index is 13.5. The molecule has 7 nitrogen and oxygen atoms in total. The number of hydrogen-bond donors (Lipinski definition) is 1. The summed E-state index contributed by atoms with van der Waals surface area (Å²) in [6.45, 7) is 3.77. The maximum absolute atomic E-state index is 13.5. The van der Waals surface area contributed by atoms with Gasteiger partial charge in [0, 0.05) is 0 Å². The first-order chi connectivity index (χ1) is 17.2. The number of urea groups is 1. The first kappa shape index (κ1) is 25.1. The van der Waals surface area contributed by atoms with E-state index in [9.17, 15) is 18.8 Å². The van der Waals surface area contributed by atoms with Crippen molar-refractivity contribution in [2.75, 3.05) is 12.0 Å². The lowest BCUT2D eigenvalue weighted by Crippen LogP contribution is -2.54. The Labute approximate surface area is 215 Å². The summed E-state index contributed by atoms with van der Waals surface area (Å²) in [6, 6.07) is 13.7. The van der Waals surface area contributed by atoms with Crippen LogP contribution in [0.25, 0.3) is 6.08 Å². The monoisotopic (exact) mass is 552 g/mol. The zero-order valence-electron chi connectivity index (χ0n) is 19.7. The van der Waals surface area contributed by atoms with Gasteiger partial charge in [-0.05, 0) is 88.4 Å². The van der Waals surface area contributed by atoms with E-state index in [0.29, 0.717) is 32.8 Å². The fourth-order valence-corrected chi connectivity index (χ4v) is 4.34. The number of carbonyl (C=O) groups excluding carboxylic acids is 3. The van der Waals surface area contributed by atoms with E-state index in [1.165, 1.54) is 25.3 Å². The summed E-state index contributed by atoms with van der Waals surface area (Å²) < 4.78 is 25.3. The van der Waals surface area contributed by atoms with Gasteiger partial charge in [-0.3, -0.25) is 14.9 Å². The molecule has 1 saturated heterocycles. The zero-order valence-corrected chi connectivity index (χ0v) is 21.3. The SMILES string of the molecule is COc1cc(/C=C2\C(=O)NC(=O)N(c3cccc(C)c3C)C2=O)cc(Br)c1OCc1cccc(F)c1. The fraction of sp³-hybridized carbons (Fsp3) is 0.148. The Balaban J connectivity index is 1.66. The number of nitrogens with one attached hydrogen (secondary N) is 1. The van der Waals surface area contributed by atoms with Crippen molar-refractivity contribution in [3.63, 3.8) is 0 Å². The molecule has 0 spiro atoms. The summed E-state index contributed by atoms with van der Waals surface area (Å²) in [5.74, 6) is -1.20. The second-order valence-corrected chi connectivity index (χ2v) is 8.98. The van der Waals surface area contributed by atoms with Crippen molar-refractivity contribution < 1.29 is 28.2 Å². The molecule has 0 radical (unpaired) electrons. The Bertz CT molecular complexity index is 1420. The van der Waals surface area contributed by atoms with Crippen molar-refractivity contribution in [3.05, 3.63) is 92.7 Å². The molecule has 1 heterocycles. The molecule has 4 amide bonds. The van der Waals surface area contributed by atoms with Gasteiger partial charge in [-0.2, -0.15) is 0 Å². The number of rotatable bonds is 6. The number of ether oxygens (including phenoxy) is 2. The summed E-state index contributed by atoms with van der Waals surface area (Å²) in [6.07, 6.45) is 1.38. The van der Waals surface area contributed by atoms with Crippen LogP contribution in [-0.2, 0) is 16.2 Å². The minimum absolute atomic E-state index is 0.0982. The topological polar surface area (TPSA) is 84.9 Å². The van der Waals surface area contributed by atoms with Gasteiger partial charge in [0.2, 0.25) is 0 Å². The van der Waals surface area contributed by atoms with Gasteiger partial charge in [0.05, 0.1) is 17.3 Å². The quantitative estimate of drug-likeness (QED) is 0.324. The molecule has 0 bridgehead atoms. The molecule has 3 aromatic rings. The minimum Gasteiger partial charge on any atom is -0.493 e. The number of aryl methyl sites for hydroxylation is 1. The number of anilines is 1. The number of halogens is 2. The molecule has 3 aromatic carbocycles. The first-order valence-corrected chi connectivity index (χ1v) is 11.7. The lowest BCUT2D eigenvalue weighted by Gasteiger charge is -2.28. The molecule has 0 unspecified atom stereocenters. The lowest BCUT2D eigenvalue weighted by atomic mass is 10.0. The highest BCUT2D eigenvalue weighted by atomic mass is 79.9. The Morgan fingerprint density at radius 3 is 2.53 bits per heavy atom. The number of hydrogen-bond acceptors (Lipinski definition) is 5. The summed E-state index contributed by atoms with van der Waals surface area (Å²) in [7, 11) is 1.45. The highest BCUT2D eigenvalue weighted by Crippen LogP contribution is 2.38. The largest absolute Gasteiger partial charge is 0.493 e. The molecule has 1 aliphatic heterocycles. The van der Waals surface area contributed by atoms with Gasteiger partial charge >= 0.3 is 6.03 Å². The third-order valence-corrected chi connectivity index (χ3v) is 6.34. The molecule has 0 atom stereocenters. The normalized spacial score (nSPS) is 14.8. The Kier molecular flexibility index (Phi) is 7.21. The van der Waals surface area contributed by atoms with Gasteiger partial charge in [-0.1, -0.05) is 24.3 Å². The van der Waals surface area contributed by atoms with E-state index in [1.54, 1.807) is 43.3 Å². The van der Waals surface area contributed by atoms with Crippen molar-refractivity contribution >= 4 is 45.5 Å². The summed E-state index contributed by atoms with van der Waals surface area (Å²) in [5.41, 5.74) is 2.94. The van der Waals surface area contributed by atoms with Crippen LogP contribution in [0, 0.1) is 19.7 Å². The van der Waals surface area contributed by atoms with Gasteiger partial charge in [-0.15, -0.1) is 0 Å². The van der Waals surface area contributed by atoms with E-state index in [1.807, 2.05) is 13.0 Å². The van der Waals surface area contributed by atoms with Gasteiger partial charge in [-0.25, -0.2) is 14.1 Å². The smallest absolute Gasteiger partial charge is 0.335 e. The molecule has 184 valence electrons. The van der Waals surface area contributed by atoms with Crippen LogP contribution < -0.4 is 19.7 Å². The second-order valence-electron chi connectivity index (χ2n) is 8.13. The van der Waals surface area contributed by atoms with Crippen LogP contribution >= 0.6 is 15.9 Å². The number of methoxy groups -OCH3 is 1. The van der Waals surface area contributed by atoms with Crippen LogP contribution in [0.3, 0.4) is 0 Å². The minimum atomic E-state index is -0.810. The number of nitrogens with zero attached hydrogens (tertiary/aromatic N) is 1. The average Bonchev–Trinajstić information content (AvgIpc) is 2.83. The zero-order chi connectivity index (χ0) is 26.0. The summed E-state index contributed by atoms with van der Waals surface area (Å²) in [4.78, 5) is 39.4. The van der Waals surface area contributed by atoms with E-state index in [4.69, 9.17) is 9.47 Å². The molecule has 0 aromatic heterocycles. The molecule has 36 heavy (non-hydrogen) atoms. The predicted molar refractivity (Wildman–Crippen MR) is 136 cm³/mol. The highest BCUT2D eigenvalue weighted by molar-refractivity contribution is 9.10. The van der Waals surface area contributed by atoms with E-state index in [2.05, 4.69) is 21.2 Å². The molecular weight excluding hydrogens is 531 g/mol. The molecule has 9 heteroatoms. The van der Waals surface area contributed by atoms with Crippen LogP contribution in [0.15, 0.2) is 64.6 Å². The fourth-order valence-electron chi connectivity index (χ4n) is 3.77. The third-order valence-electron chi connectivity index (χ3n) is 5.75. The van der Waals surface area contributed by atoms with Crippen molar-refractivity contribution in [2.24, 2.45) is 0 Å². The number of amides is 4. The van der Waals surface area contributed by atoms with Crippen LogP contribution in [0.2, 0.25) is 0 Å². The third kappa shape index (κ3) is 5.01. The highest BCUT2D eigenvalue weighted by Gasteiger charge is 2.37. The Hall–Kier alpha value is -3.98. The van der Waals surface area contributed by atoms with Crippen LogP contribution in [0.4, 0.5) is 14.9 Å². The molecule has 1 aliphatic rings. The van der Waals surface area contributed by atoms with E-state index >= 15 is 0 Å². The Morgan fingerprint density at radius 1 is 1.06 bits per heavy atom. The molecule has 1 fully saturated rings. The average molecular weight is 553 g/mol. The Morgan fingerprint density at radius 2 is 1.81 bits per heavy atom. The maximum Gasteiger partial charge on any atom is 0.335 e. The molecule has 4 rings (SSSR count). The number of barbiturate groups is 1. The molecule has 0 aliphatic carbocycles. The molecule has 1 N–H and O–H groups in total. The summed E-state index contributed by atoms with van der Waals surface area (Å²) in [5, 5.41) is 2.23. The molecule has 0 saturated carbocycles. The van der Waals surface area contributed by atoms with Crippen LogP contribution in [-0.4, -0.2) is 25.0 Å². The number of carbonyl (C=O) groups is 3. The van der Waals surface area contributed by atoms with Crippen molar-refractivity contribution in [2.45, 2.75) is 20.5 Å². The number of imide groups is 2. The van der Waals surface area contributed by atoms with Crippen molar-refractivity contribution in [3.8, 4) is 11.5 Å². The number of benzene rings is 3. The van der Waals surface area contributed by atoms with Gasteiger partial charge in [0.15, 0.2) is 11.5 Å². The lowest BCUT2D eigenvalue weighted by molar-refractivity contribution is -0.122. The van der Waals surface area contributed by atoms with Crippen molar-refractivity contribution in [1.82, 2.24) is 5.32 Å². The first-order valence-electron chi connectivity index (χ1n) is 10.9. The standard InChI is InChI=1S/C27H22BrFN2O5/c1-15-6-4-9-22(16(15)2)31-26(33)20(25(32)30-27(31)34)11-18-12-21(28)24(23(13-18)35-3)36-14-17-7-5-8-19(29)10-17/h4-13H,14H2,1-3H3,(H,30,32,34)/b20-11+. The summed E-state index contributed by atoms with van der Waals surface area (Å²) >= 11 is 3.44.